The Morgan fingerprint density at radius 2 is 1.68 bits per heavy atom. The molecule has 3 heterocycles. The van der Waals surface area contributed by atoms with Crippen LogP contribution in [0.4, 0.5) is 17.3 Å². The quantitative estimate of drug-likeness (QED) is 0.353. The van der Waals surface area contributed by atoms with Gasteiger partial charge in [-0.2, -0.15) is 4.98 Å². The number of hydrogen-bond donors (Lipinski definition) is 1. The molecule has 2 aromatic carbocycles. The molecule has 1 aliphatic rings. The number of rotatable bonds is 7. The van der Waals surface area contributed by atoms with Gasteiger partial charge in [0.1, 0.15) is 5.65 Å². The molecule has 0 unspecified atom stereocenters. The van der Waals surface area contributed by atoms with E-state index in [0.29, 0.717) is 44.7 Å². The Bertz CT molecular complexity index is 1480. The molecule has 1 saturated heterocycles. The normalized spacial score (nSPS) is 14.4. The van der Waals surface area contributed by atoms with Gasteiger partial charge in [0.2, 0.25) is 11.4 Å². The van der Waals surface area contributed by atoms with Crippen molar-refractivity contribution in [3.05, 3.63) is 75.1 Å². The second-order valence-electron chi connectivity index (χ2n) is 9.86. The number of fused-ring (bicyclic) bond motifs is 1. The Morgan fingerprint density at radius 3 is 2.34 bits per heavy atom. The SMILES string of the molecule is CN(C)CCn1cc(-c2c(Cl)cccc2Cl)c(=O)c2cnc(Nc3ccc(N4CCN(C)CC4)cc3)nc21. The molecule has 1 N–H and O–H groups in total. The zero-order chi connectivity index (χ0) is 26.8. The Hall–Kier alpha value is -3.17. The third-order valence-electron chi connectivity index (χ3n) is 6.83. The predicted octanol–water partition coefficient (Wildman–Crippen LogP) is 4.82. The van der Waals surface area contributed by atoms with E-state index in [2.05, 4.69) is 44.2 Å². The van der Waals surface area contributed by atoms with Crippen molar-refractivity contribution < 1.29 is 0 Å². The Kier molecular flexibility index (Phi) is 7.85. The Labute approximate surface area is 232 Å². The summed E-state index contributed by atoms with van der Waals surface area (Å²) >= 11 is 12.9. The highest BCUT2D eigenvalue weighted by Crippen LogP contribution is 2.33. The minimum Gasteiger partial charge on any atom is -0.369 e. The molecule has 198 valence electrons. The zero-order valence-electron chi connectivity index (χ0n) is 21.8. The largest absolute Gasteiger partial charge is 0.369 e. The molecule has 0 aliphatic carbocycles. The summed E-state index contributed by atoms with van der Waals surface area (Å²) in [7, 11) is 6.16. The second kappa shape index (κ2) is 11.3. The predicted molar refractivity (Wildman–Crippen MR) is 157 cm³/mol. The maximum atomic E-state index is 13.6. The third kappa shape index (κ3) is 5.63. The molecule has 4 aromatic rings. The molecule has 0 amide bonds. The summed E-state index contributed by atoms with van der Waals surface area (Å²) in [5.74, 6) is 0.423. The molecule has 10 heteroatoms. The summed E-state index contributed by atoms with van der Waals surface area (Å²) in [6.07, 6.45) is 3.37. The van der Waals surface area contributed by atoms with Crippen LogP contribution in [-0.4, -0.2) is 78.2 Å². The van der Waals surface area contributed by atoms with Gasteiger partial charge in [-0.15, -0.1) is 0 Å². The lowest BCUT2D eigenvalue weighted by atomic mass is 10.1. The average molecular weight is 553 g/mol. The van der Waals surface area contributed by atoms with E-state index in [1.165, 1.54) is 5.69 Å². The van der Waals surface area contributed by atoms with Gasteiger partial charge >= 0.3 is 0 Å². The van der Waals surface area contributed by atoms with Gasteiger partial charge in [-0.05, 0) is 57.5 Å². The van der Waals surface area contributed by atoms with Crippen molar-refractivity contribution in [3.8, 4) is 11.1 Å². The van der Waals surface area contributed by atoms with Crippen molar-refractivity contribution in [1.29, 1.82) is 0 Å². The van der Waals surface area contributed by atoms with Gasteiger partial charge < -0.3 is 24.6 Å². The average Bonchev–Trinajstić information content (AvgIpc) is 2.90. The fraction of sp³-hybridized carbons (Fsp3) is 0.321. The minimum absolute atomic E-state index is 0.209. The summed E-state index contributed by atoms with van der Waals surface area (Å²) in [4.78, 5) is 29.6. The third-order valence-corrected chi connectivity index (χ3v) is 7.46. The number of nitrogens with one attached hydrogen (secondary N) is 1. The summed E-state index contributed by atoms with van der Waals surface area (Å²) in [5.41, 5.74) is 3.37. The van der Waals surface area contributed by atoms with Gasteiger partial charge in [-0.25, -0.2) is 4.98 Å². The van der Waals surface area contributed by atoms with E-state index >= 15 is 0 Å². The van der Waals surface area contributed by atoms with Crippen molar-refractivity contribution in [2.45, 2.75) is 6.54 Å². The van der Waals surface area contributed by atoms with Gasteiger partial charge in [0.15, 0.2) is 0 Å². The van der Waals surface area contributed by atoms with Gasteiger partial charge in [-0.3, -0.25) is 4.79 Å². The molecule has 5 rings (SSSR count). The molecule has 0 atom stereocenters. The number of likely N-dealkylation sites (N-methyl/N-ethyl adjacent to an activating group) is 2. The highest BCUT2D eigenvalue weighted by Gasteiger charge is 2.18. The van der Waals surface area contributed by atoms with Crippen molar-refractivity contribution >= 4 is 51.6 Å². The number of nitrogens with zero attached hydrogens (tertiary/aromatic N) is 6. The van der Waals surface area contributed by atoms with Crippen LogP contribution in [0.15, 0.2) is 59.7 Å². The molecular weight excluding hydrogens is 521 g/mol. The molecule has 0 bridgehead atoms. The Balaban J connectivity index is 1.48. The van der Waals surface area contributed by atoms with E-state index < -0.39 is 0 Å². The molecule has 1 fully saturated rings. The molecular formula is C28H31Cl2N7O. The first-order valence-electron chi connectivity index (χ1n) is 12.6. The van der Waals surface area contributed by atoms with Crippen molar-refractivity contribution in [1.82, 2.24) is 24.3 Å². The van der Waals surface area contributed by atoms with Crippen LogP contribution in [0, 0.1) is 0 Å². The number of pyridine rings is 1. The molecule has 2 aromatic heterocycles. The van der Waals surface area contributed by atoms with Crippen LogP contribution in [0.1, 0.15) is 0 Å². The smallest absolute Gasteiger partial charge is 0.229 e. The molecule has 0 spiro atoms. The van der Waals surface area contributed by atoms with Crippen LogP contribution in [-0.2, 0) is 6.54 Å². The molecule has 38 heavy (non-hydrogen) atoms. The number of aromatic nitrogens is 3. The van der Waals surface area contributed by atoms with Crippen LogP contribution in [0.5, 0.6) is 0 Å². The maximum absolute atomic E-state index is 13.6. The van der Waals surface area contributed by atoms with Gasteiger partial charge in [0.05, 0.1) is 15.4 Å². The number of halogens is 2. The first kappa shape index (κ1) is 26.4. The van der Waals surface area contributed by atoms with Crippen molar-refractivity contribution in [2.24, 2.45) is 0 Å². The van der Waals surface area contributed by atoms with Crippen LogP contribution < -0.4 is 15.6 Å². The van der Waals surface area contributed by atoms with Crippen molar-refractivity contribution in [3.63, 3.8) is 0 Å². The summed E-state index contributed by atoms with van der Waals surface area (Å²) < 4.78 is 1.97. The van der Waals surface area contributed by atoms with Gasteiger partial charge in [0.25, 0.3) is 0 Å². The lowest BCUT2D eigenvalue weighted by molar-refractivity contribution is 0.313. The topological polar surface area (TPSA) is 69.5 Å². The van der Waals surface area contributed by atoms with Gasteiger partial charge in [-0.1, -0.05) is 29.3 Å². The highest BCUT2D eigenvalue weighted by atomic mass is 35.5. The second-order valence-corrected chi connectivity index (χ2v) is 10.7. The monoisotopic (exact) mass is 551 g/mol. The van der Waals surface area contributed by atoms with E-state index in [-0.39, 0.29) is 5.43 Å². The van der Waals surface area contributed by atoms with Crippen LogP contribution in [0.25, 0.3) is 22.2 Å². The Morgan fingerprint density at radius 1 is 1.00 bits per heavy atom. The number of hydrogen-bond acceptors (Lipinski definition) is 7. The van der Waals surface area contributed by atoms with Crippen LogP contribution in [0.2, 0.25) is 10.0 Å². The summed E-state index contributed by atoms with van der Waals surface area (Å²) in [6, 6.07) is 13.5. The maximum Gasteiger partial charge on any atom is 0.229 e. The lowest BCUT2D eigenvalue weighted by Gasteiger charge is -2.34. The van der Waals surface area contributed by atoms with Crippen molar-refractivity contribution in [2.75, 3.05) is 64.1 Å². The van der Waals surface area contributed by atoms with E-state index in [1.54, 1.807) is 30.6 Å². The first-order chi connectivity index (χ1) is 18.3. The molecule has 1 aliphatic heterocycles. The van der Waals surface area contributed by atoms with Crippen LogP contribution >= 0.6 is 23.2 Å². The first-order valence-corrected chi connectivity index (χ1v) is 13.4. The molecule has 0 saturated carbocycles. The van der Waals surface area contributed by atoms with Gasteiger partial charge in [0, 0.05) is 74.2 Å². The minimum atomic E-state index is -0.209. The number of benzene rings is 2. The van der Waals surface area contributed by atoms with E-state index in [1.807, 2.05) is 30.8 Å². The van der Waals surface area contributed by atoms with E-state index in [9.17, 15) is 4.79 Å². The fourth-order valence-corrected chi connectivity index (χ4v) is 5.19. The summed E-state index contributed by atoms with van der Waals surface area (Å²) in [6.45, 7) is 5.53. The van der Waals surface area contributed by atoms with Crippen LogP contribution in [0.3, 0.4) is 0 Å². The standard InChI is InChI=1S/C28H31Cl2N7O/c1-34(2)11-14-37-18-22(25-23(29)5-4-6-24(25)30)26(38)21-17-31-28(33-27(21)37)32-19-7-9-20(10-8-19)36-15-12-35(3)13-16-36/h4-10,17-18H,11-16H2,1-3H3,(H,31,32,33). The molecule has 0 radical (unpaired) electrons. The summed E-state index contributed by atoms with van der Waals surface area (Å²) in [5, 5.41) is 4.55. The number of piperazine rings is 1. The van der Waals surface area contributed by atoms with E-state index in [0.717, 1.165) is 38.4 Å². The number of anilines is 3. The van der Waals surface area contributed by atoms with E-state index in [4.69, 9.17) is 28.2 Å². The fourth-order valence-electron chi connectivity index (χ4n) is 4.59. The zero-order valence-corrected chi connectivity index (χ0v) is 23.3. The molecule has 8 nitrogen and oxygen atoms in total. The lowest BCUT2D eigenvalue weighted by Crippen LogP contribution is -2.44. The highest BCUT2D eigenvalue weighted by molar-refractivity contribution is 6.39.